The maximum Gasteiger partial charge on any atom is 0.428 e. The van der Waals surface area contributed by atoms with Crippen molar-refractivity contribution < 1.29 is 41.1 Å². The third-order valence-electron chi connectivity index (χ3n) is 6.28. The van der Waals surface area contributed by atoms with E-state index in [1.807, 2.05) is 0 Å². The van der Waals surface area contributed by atoms with Crippen molar-refractivity contribution in [2.45, 2.75) is 43.9 Å². The summed E-state index contributed by atoms with van der Waals surface area (Å²) in [5.74, 6) is -0.434. The molecule has 37 heavy (non-hydrogen) atoms. The Morgan fingerprint density at radius 1 is 1.14 bits per heavy atom. The topological polar surface area (TPSA) is 61.8 Å². The van der Waals surface area contributed by atoms with Crippen LogP contribution in [0.5, 0.6) is 0 Å². The lowest BCUT2D eigenvalue weighted by Crippen LogP contribution is -2.57. The van der Waals surface area contributed by atoms with E-state index in [4.69, 9.17) is 28.0 Å². The smallest absolute Gasteiger partial charge is 0.389 e. The highest BCUT2D eigenvalue weighted by Gasteiger charge is 2.60. The Morgan fingerprint density at radius 3 is 2.27 bits per heavy atom. The summed E-state index contributed by atoms with van der Waals surface area (Å²) in [6.45, 7) is 3.62. The molecule has 4 rings (SSSR count). The van der Waals surface area contributed by atoms with Gasteiger partial charge in [-0.25, -0.2) is 0 Å². The summed E-state index contributed by atoms with van der Waals surface area (Å²) in [7, 11) is 0. The lowest BCUT2D eigenvalue weighted by Gasteiger charge is -2.46. The number of benzene rings is 2. The van der Waals surface area contributed by atoms with Crippen LogP contribution in [0.2, 0.25) is 10.0 Å². The normalized spacial score (nSPS) is 24.1. The molecule has 1 fully saturated rings. The highest BCUT2D eigenvalue weighted by atomic mass is 35.5. The van der Waals surface area contributed by atoms with Crippen molar-refractivity contribution >= 4 is 34.8 Å². The molecular formula is C24H20Cl2F6N2O3. The molecule has 0 saturated carbocycles. The van der Waals surface area contributed by atoms with Crippen molar-refractivity contribution in [1.29, 1.82) is 0 Å². The SMILES string of the molecule is CC(C)C(=O)N1CC(O)C1c1ccc(C2=CC(c3cc(Cl)c(Cl)c(C(F)(F)F)c3)(C(F)(F)F)ON2)cc1. The molecule has 2 N–H and O–H groups in total. The van der Waals surface area contributed by atoms with Crippen LogP contribution < -0.4 is 5.48 Å². The summed E-state index contributed by atoms with van der Waals surface area (Å²) >= 11 is 11.4. The standard InChI is InChI=1S/C24H20Cl2F6N2O3/c1-11(2)21(36)34-10-18(35)20(34)13-5-3-12(4-6-13)17-9-22(37-33-17,24(30,31)32)14-7-15(23(27,28)29)19(26)16(25)8-14/h3-9,11,18,20,33,35H,10H2,1-2H3. The number of hydroxylamine groups is 1. The fourth-order valence-corrected chi connectivity index (χ4v) is 4.74. The molecule has 2 aliphatic heterocycles. The minimum atomic E-state index is -5.19. The highest BCUT2D eigenvalue weighted by Crippen LogP contribution is 2.50. The Balaban J connectivity index is 1.71. The van der Waals surface area contributed by atoms with E-state index in [1.165, 1.54) is 17.0 Å². The van der Waals surface area contributed by atoms with Crippen molar-refractivity contribution in [3.63, 3.8) is 0 Å². The van der Waals surface area contributed by atoms with Gasteiger partial charge < -0.3 is 10.0 Å². The molecule has 3 unspecified atom stereocenters. The van der Waals surface area contributed by atoms with E-state index in [9.17, 15) is 36.2 Å². The first-order valence-corrected chi connectivity index (χ1v) is 11.7. The van der Waals surface area contributed by atoms with Gasteiger partial charge in [-0.05, 0) is 29.3 Å². The number of β-amino-alcohol motifs (C(OH)–C–C–N with tert-alkyl or cyclic N) is 1. The van der Waals surface area contributed by atoms with E-state index < -0.39 is 51.3 Å². The average Bonchev–Trinajstić information content (AvgIpc) is 3.25. The van der Waals surface area contributed by atoms with E-state index >= 15 is 0 Å². The number of likely N-dealkylation sites (tertiary alicyclic amines) is 1. The van der Waals surface area contributed by atoms with Crippen LogP contribution in [0.3, 0.4) is 0 Å². The van der Waals surface area contributed by atoms with Crippen LogP contribution in [0.1, 0.15) is 42.1 Å². The summed E-state index contributed by atoms with van der Waals surface area (Å²) < 4.78 is 83.0. The number of alkyl halides is 6. The van der Waals surface area contributed by atoms with E-state index in [0.29, 0.717) is 17.7 Å². The van der Waals surface area contributed by atoms with E-state index in [1.54, 1.807) is 26.0 Å². The molecule has 0 aliphatic carbocycles. The van der Waals surface area contributed by atoms with Gasteiger partial charge in [-0.1, -0.05) is 61.3 Å². The Morgan fingerprint density at radius 2 is 1.76 bits per heavy atom. The van der Waals surface area contributed by atoms with Crippen molar-refractivity contribution in [2.24, 2.45) is 5.92 Å². The largest absolute Gasteiger partial charge is 0.428 e. The van der Waals surface area contributed by atoms with Crippen molar-refractivity contribution in [3.8, 4) is 0 Å². The van der Waals surface area contributed by atoms with Crippen LogP contribution in [-0.4, -0.2) is 34.7 Å². The Labute approximate surface area is 217 Å². The summed E-state index contributed by atoms with van der Waals surface area (Å²) in [6.07, 6.45) is -10.4. The van der Waals surface area contributed by atoms with Gasteiger partial charge in [-0.2, -0.15) is 26.3 Å². The minimum Gasteiger partial charge on any atom is -0.389 e. The molecule has 1 amide bonds. The maximum absolute atomic E-state index is 14.3. The zero-order valence-corrected chi connectivity index (χ0v) is 20.7. The first-order chi connectivity index (χ1) is 17.1. The minimum absolute atomic E-state index is 0.150. The molecule has 2 heterocycles. The number of nitrogens with one attached hydrogen (secondary N) is 1. The molecule has 0 bridgehead atoms. The van der Waals surface area contributed by atoms with Crippen molar-refractivity contribution in [2.75, 3.05) is 6.54 Å². The monoisotopic (exact) mass is 568 g/mol. The third kappa shape index (κ3) is 4.78. The second-order valence-corrected chi connectivity index (χ2v) is 9.88. The molecule has 2 aromatic rings. The van der Waals surface area contributed by atoms with Gasteiger partial charge in [0, 0.05) is 18.0 Å². The molecule has 0 spiro atoms. The van der Waals surface area contributed by atoms with E-state index in [0.717, 1.165) is 0 Å². The van der Waals surface area contributed by atoms with Gasteiger partial charge in [0.25, 0.3) is 0 Å². The van der Waals surface area contributed by atoms with Gasteiger partial charge >= 0.3 is 12.4 Å². The highest BCUT2D eigenvalue weighted by molar-refractivity contribution is 6.42. The zero-order chi connectivity index (χ0) is 27.5. The number of hydrogen-bond donors (Lipinski definition) is 2. The number of amides is 1. The molecule has 0 radical (unpaired) electrons. The van der Waals surface area contributed by atoms with Crippen LogP contribution in [0.25, 0.3) is 5.70 Å². The van der Waals surface area contributed by atoms with Gasteiger partial charge in [0.05, 0.1) is 33.5 Å². The number of carbonyl (C=O) groups is 1. The predicted octanol–water partition coefficient (Wildman–Crippen LogP) is 6.25. The second-order valence-electron chi connectivity index (χ2n) is 9.09. The van der Waals surface area contributed by atoms with Gasteiger partial charge in [0.1, 0.15) is 0 Å². The molecule has 2 aliphatic rings. The maximum atomic E-state index is 14.3. The Hall–Kier alpha value is -2.47. The summed E-state index contributed by atoms with van der Waals surface area (Å²) in [6, 6.07) is 6.31. The zero-order valence-electron chi connectivity index (χ0n) is 19.2. The molecule has 13 heteroatoms. The van der Waals surface area contributed by atoms with E-state index in [-0.39, 0.29) is 35.7 Å². The van der Waals surface area contributed by atoms with Crippen LogP contribution in [0.4, 0.5) is 26.3 Å². The van der Waals surface area contributed by atoms with Crippen LogP contribution in [0, 0.1) is 5.92 Å². The predicted molar refractivity (Wildman–Crippen MR) is 123 cm³/mol. The average molecular weight is 569 g/mol. The second kappa shape index (κ2) is 9.37. The summed E-state index contributed by atoms with van der Waals surface area (Å²) in [5, 5.41) is 8.54. The Bertz CT molecular complexity index is 1250. The number of halogens is 8. The number of rotatable bonds is 4. The van der Waals surface area contributed by atoms with E-state index in [2.05, 4.69) is 5.48 Å². The first-order valence-electron chi connectivity index (χ1n) is 11.0. The number of hydrogen-bond acceptors (Lipinski definition) is 4. The van der Waals surface area contributed by atoms with Gasteiger partial charge in [0.2, 0.25) is 11.5 Å². The molecule has 2 aromatic carbocycles. The number of carbonyl (C=O) groups excluding carboxylic acids is 1. The quantitative estimate of drug-likeness (QED) is 0.428. The fourth-order valence-electron chi connectivity index (χ4n) is 4.30. The van der Waals surface area contributed by atoms with Crippen LogP contribution in [0.15, 0.2) is 42.5 Å². The number of nitrogens with zero attached hydrogens (tertiary/aromatic N) is 1. The van der Waals surface area contributed by atoms with Gasteiger partial charge in [0.15, 0.2) is 0 Å². The van der Waals surface area contributed by atoms with Gasteiger partial charge in [-0.3, -0.25) is 15.1 Å². The fraction of sp³-hybridized carbons (Fsp3) is 0.375. The summed E-state index contributed by atoms with van der Waals surface area (Å²) in [4.78, 5) is 18.8. The molecule has 5 nitrogen and oxygen atoms in total. The van der Waals surface area contributed by atoms with Gasteiger partial charge in [-0.15, -0.1) is 0 Å². The lowest BCUT2D eigenvalue weighted by molar-refractivity contribution is -0.269. The molecule has 1 saturated heterocycles. The molecule has 3 atom stereocenters. The molecule has 0 aromatic heterocycles. The Kier molecular flexibility index (Phi) is 6.98. The number of aliphatic hydroxyl groups is 1. The van der Waals surface area contributed by atoms with Crippen molar-refractivity contribution in [3.05, 3.63) is 74.8 Å². The van der Waals surface area contributed by atoms with Crippen LogP contribution >= 0.6 is 23.2 Å². The van der Waals surface area contributed by atoms with Crippen molar-refractivity contribution in [1.82, 2.24) is 10.4 Å². The third-order valence-corrected chi connectivity index (χ3v) is 7.08. The first kappa shape index (κ1) is 27.6. The molecule has 200 valence electrons. The lowest BCUT2D eigenvalue weighted by atomic mass is 9.88. The number of aliphatic hydroxyl groups excluding tert-OH is 1. The molecular weight excluding hydrogens is 549 g/mol. The van der Waals surface area contributed by atoms with Crippen LogP contribution in [-0.2, 0) is 21.4 Å². The summed E-state index contributed by atoms with van der Waals surface area (Å²) in [5.41, 5.74) is -2.95.